The van der Waals surface area contributed by atoms with E-state index in [1.807, 2.05) is 12.3 Å². The first kappa shape index (κ1) is 20.1. The first-order valence-electron chi connectivity index (χ1n) is 10.7. The lowest BCUT2D eigenvalue weighted by molar-refractivity contribution is -0.169. The van der Waals surface area contributed by atoms with E-state index in [2.05, 4.69) is 61.1 Å². The quantitative estimate of drug-likeness (QED) is 0.783. The Morgan fingerprint density at radius 2 is 1.59 bits per heavy atom. The lowest BCUT2D eigenvalue weighted by Gasteiger charge is -2.38. The predicted molar refractivity (Wildman–Crippen MR) is 116 cm³/mol. The molecule has 1 aromatic heterocycles. The second-order valence-electron chi connectivity index (χ2n) is 8.58. The Morgan fingerprint density at radius 3 is 2.17 bits per heavy atom. The van der Waals surface area contributed by atoms with Crippen molar-refractivity contribution in [2.75, 3.05) is 36.5 Å². The van der Waals surface area contributed by atoms with Crippen LogP contribution in [0.25, 0.3) is 0 Å². The number of hydrogen-bond donors (Lipinski definition) is 1. The molecule has 1 aromatic carbocycles. The van der Waals surface area contributed by atoms with Gasteiger partial charge in [0.1, 0.15) is 5.82 Å². The highest BCUT2D eigenvalue weighted by Crippen LogP contribution is 2.35. The van der Waals surface area contributed by atoms with Gasteiger partial charge in [-0.05, 0) is 29.0 Å². The van der Waals surface area contributed by atoms with Crippen molar-refractivity contribution in [1.29, 1.82) is 0 Å². The van der Waals surface area contributed by atoms with E-state index in [0.29, 0.717) is 31.0 Å². The van der Waals surface area contributed by atoms with E-state index in [0.717, 1.165) is 37.4 Å². The van der Waals surface area contributed by atoms with Crippen LogP contribution in [0.5, 0.6) is 0 Å². The van der Waals surface area contributed by atoms with Crippen molar-refractivity contribution in [3.8, 4) is 0 Å². The lowest BCUT2D eigenvalue weighted by Crippen LogP contribution is -2.45. The third kappa shape index (κ3) is 4.23. The largest absolute Gasteiger partial charge is 0.356 e. The third-order valence-electron chi connectivity index (χ3n) is 5.91. The van der Waals surface area contributed by atoms with Crippen LogP contribution in [-0.2, 0) is 9.47 Å². The minimum Gasteiger partial charge on any atom is -0.356 e. The number of para-hydroxylation sites is 1. The van der Waals surface area contributed by atoms with Crippen LogP contribution >= 0.6 is 0 Å². The van der Waals surface area contributed by atoms with Gasteiger partial charge in [-0.15, -0.1) is 0 Å². The molecular weight excluding hydrogens is 364 g/mol. The van der Waals surface area contributed by atoms with Gasteiger partial charge in [-0.25, -0.2) is 4.98 Å². The number of aromatic nitrogens is 2. The van der Waals surface area contributed by atoms with Crippen LogP contribution < -0.4 is 10.2 Å². The third-order valence-corrected chi connectivity index (χ3v) is 5.91. The number of anilines is 3. The molecule has 3 heterocycles. The van der Waals surface area contributed by atoms with E-state index in [9.17, 15) is 0 Å². The Kier molecular flexibility index (Phi) is 5.74. The summed E-state index contributed by atoms with van der Waals surface area (Å²) in [5.74, 6) is 2.07. The molecule has 0 bridgehead atoms. The van der Waals surface area contributed by atoms with Crippen LogP contribution in [-0.4, -0.2) is 42.1 Å². The van der Waals surface area contributed by atoms with Gasteiger partial charge < -0.3 is 19.7 Å². The van der Waals surface area contributed by atoms with Crippen LogP contribution in [0.2, 0.25) is 0 Å². The maximum Gasteiger partial charge on any atom is 0.229 e. The normalized spacial score (nSPS) is 18.8. The van der Waals surface area contributed by atoms with Gasteiger partial charge in [0.25, 0.3) is 0 Å². The van der Waals surface area contributed by atoms with Gasteiger partial charge in [0, 0.05) is 37.8 Å². The van der Waals surface area contributed by atoms with Gasteiger partial charge in [0.2, 0.25) is 5.95 Å². The van der Waals surface area contributed by atoms with Crippen LogP contribution in [0.15, 0.2) is 30.5 Å². The van der Waals surface area contributed by atoms with Gasteiger partial charge in [-0.2, -0.15) is 4.98 Å². The molecule has 0 radical (unpaired) electrons. The van der Waals surface area contributed by atoms with Crippen molar-refractivity contribution in [2.45, 2.75) is 58.2 Å². The number of ether oxygens (including phenoxy) is 2. The number of rotatable bonds is 5. The second kappa shape index (κ2) is 8.28. The summed E-state index contributed by atoms with van der Waals surface area (Å²) in [6.07, 6.45) is 3.57. The van der Waals surface area contributed by atoms with Gasteiger partial charge in [0.15, 0.2) is 5.79 Å². The smallest absolute Gasteiger partial charge is 0.229 e. The van der Waals surface area contributed by atoms with Crippen LogP contribution in [0, 0.1) is 0 Å². The van der Waals surface area contributed by atoms with E-state index >= 15 is 0 Å². The molecule has 29 heavy (non-hydrogen) atoms. The Balaban J connectivity index is 1.55. The molecule has 4 rings (SSSR count). The highest BCUT2D eigenvalue weighted by atomic mass is 16.7. The number of benzene rings is 1. The van der Waals surface area contributed by atoms with E-state index in [-0.39, 0.29) is 5.79 Å². The molecule has 2 aliphatic rings. The SMILES string of the molecule is CC(C)c1cccc(C(C)C)c1Nc1nccc(N2CCC3(CC2)OCCO3)n1. The van der Waals surface area contributed by atoms with Crippen LogP contribution in [0.4, 0.5) is 17.5 Å². The fourth-order valence-corrected chi connectivity index (χ4v) is 4.25. The zero-order valence-corrected chi connectivity index (χ0v) is 17.9. The maximum atomic E-state index is 5.85. The first-order valence-corrected chi connectivity index (χ1v) is 10.7. The zero-order valence-electron chi connectivity index (χ0n) is 17.9. The molecule has 0 atom stereocenters. The second-order valence-corrected chi connectivity index (χ2v) is 8.58. The summed E-state index contributed by atoms with van der Waals surface area (Å²) < 4.78 is 11.7. The zero-order chi connectivity index (χ0) is 20.4. The molecule has 0 unspecified atom stereocenters. The minimum absolute atomic E-state index is 0.368. The van der Waals surface area contributed by atoms with Crippen molar-refractivity contribution < 1.29 is 9.47 Å². The standard InChI is InChI=1S/C23H32N4O2/c1-16(2)18-6-5-7-19(17(3)4)21(18)26-22-24-11-8-20(25-22)27-12-9-23(10-13-27)28-14-15-29-23/h5-8,11,16-17H,9-10,12-15H2,1-4H3,(H,24,25,26). The van der Waals surface area contributed by atoms with Gasteiger partial charge in [0.05, 0.1) is 13.2 Å². The van der Waals surface area contributed by atoms with Crippen molar-refractivity contribution in [1.82, 2.24) is 9.97 Å². The Bertz CT molecular complexity index is 810. The highest BCUT2D eigenvalue weighted by Gasteiger charge is 2.40. The molecule has 1 spiro atoms. The molecule has 6 heteroatoms. The summed E-state index contributed by atoms with van der Waals surface area (Å²) in [4.78, 5) is 11.6. The number of nitrogens with one attached hydrogen (secondary N) is 1. The predicted octanol–water partition coefficient (Wildman–Crippen LogP) is 4.81. The average molecular weight is 397 g/mol. The average Bonchev–Trinajstić information content (AvgIpc) is 3.16. The van der Waals surface area contributed by atoms with E-state index < -0.39 is 0 Å². The molecule has 156 valence electrons. The van der Waals surface area contributed by atoms with Gasteiger partial charge >= 0.3 is 0 Å². The molecule has 2 aromatic rings. The fourth-order valence-electron chi connectivity index (χ4n) is 4.25. The topological polar surface area (TPSA) is 59.5 Å². The Labute approximate surface area is 173 Å². The van der Waals surface area contributed by atoms with E-state index in [1.54, 1.807) is 0 Å². The number of hydrogen-bond acceptors (Lipinski definition) is 6. The van der Waals surface area contributed by atoms with Gasteiger partial charge in [-0.1, -0.05) is 45.9 Å². The summed E-state index contributed by atoms with van der Waals surface area (Å²) in [5, 5.41) is 3.53. The number of piperidine rings is 1. The molecular formula is C23H32N4O2. The van der Waals surface area contributed by atoms with Crippen LogP contribution in [0.3, 0.4) is 0 Å². The Hall–Kier alpha value is -2.18. The van der Waals surface area contributed by atoms with Crippen molar-refractivity contribution >= 4 is 17.5 Å². The summed E-state index contributed by atoms with van der Waals surface area (Å²) in [6.45, 7) is 12.0. The van der Waals surface area contributed by atoms with E-state index in [1.165, 1.54) is 11.1 Å². The summed E-state index contributed by atoms with van der Waals surface area (Å²) in [7, 11) is 0. The minimum atomic E-state index is -0.368. The highest BCUT2D eigenvalue weighted by molar-refractivity contribution is 5.66. The molecule has 1 N–H and O–H groups in total. The van der Waals surface area contributed by atoms with Crippen molar-refractivity contribution in [3.05, 3.63) is 41.6 Å². The molecule has 2 aliphatic heterocycles. The Morgan fingerprint density at radius 1 is 0.966 bits per heavy atom. The molecule has 2 saturated heterocycles. The first-order chi connectivity index (χ1) is 14.0. The molecule has 0 amide bonds. The summed E-state index contributed by atoms with van der Waals surface area (Å²) >= 11 is 0. The van der Waals surface area contributed by atoms with Crippen molar-refractivity contribution in [2.24, 2.45) is 0 Å². The molecule has 6 nitrogen and oxygen atoms in total. The summed E-state index contributed by atoms with van der Waals surface area (Å²) in [5.41, 5.74) is 3.72. The van der Waals surface area contributed by atoms with Gasteiger partial charge in [-0.3, -0.25) is 0 Å². The molecule has 2 fully saturated rings. The monoisotopic (exact) mass is 396 g/mol. The maximum absolute atomic E-state index is 5.85. The molecule has 0 aliphatic carbocycles. The van der Waals surface area contributed by atoms with Crippen LogP contribution in [0.1, 0.15) is 63.5 Å². The fraction of sp³-hybridized carbons (Fsp3) is 0.565. The van der Waals surface area contributed by atoms with Crippen molar-refractivity contribution in [3.63, 3.8) is 0 Å². The number of nitrogens with zero attached hydrogens (tertiary/aromatic N) is 3. The lowest BCUT2D eigenvalue weighted by atomic mass is 9.93. The molecule has 0 saturated carbocycles. The van der Waals surface area contributed by atoms with E-state index in [4.69, 9.17) is 14.5 Å². The summed E-state index contributed by atoms with van der Waals surface area (Å²) in [6, 6.07) is 8.50.